The summed E-state index contributed by atoms with van der Waals surface area (Å²) in [6.07, 6.45) is 0. The number of rotatable bonds is 5. The van der Waals surface area contributed by atoms with Crippen molar-refractivity contribution in [3.05, 3.63) is 77.4 Å². The number of aromatic nitrogens is 4. The Kier molecular flexibility index (Phi) is 5.22. The van der Waals surface area contributed by atoms with E-state index in [-0.39, 0.29) is 11.9 Å². The van der Waals surface area contributed by atoms with Gasteiger partial charge in [0.25, 0.3) is 0 Å². The first-order valence-corrected chi connectivity index (χ1v) is 9.19. The van der Waals surface area contributed by atoms with E-state index in [1.807, 2.05) is 35.0 Å². The third-order valence-electron chi connectivity index (χ3n) is 5.07. The van der Waals surface area contributed by atoms with Gasteiger partial charge in [-0.25, -0.2) is 9.07 Å². The molecule has 0 aliphatic carbocycles. The van der Waals surface area contributed by atoms with Gasteiger partial charge in [0, 0.05) is 26.2 Å². The van der Waals surface area contributed by atoms with Gasteiger partial charge < -0.3 is 4.90 Å². The predicted molar refractivity (Wildman–Crippen MR) is 101 cm³/mol. The van der Waals surface area contributed by atoms with Crippen molar-refractivity contribution in [3.63, 3.8) is 0 Å². The van der Waals surface area contributed by atoms with E-state index in [1.54, 1.807) is 0 Å². The first kappa shape index (κ1) is 17.8. The minimum Gasteiger partial charge on any atom is -0.304 e. The van der Waals surface area contributed by atoms with Gasteiger partial charge in [0.1, 0.15) is 5.82 Å². The molecular weight excluding hydrogens is 343 g/mol. The topological polar surface area (TPSA) is 50.1 Å². The van der Waals surface area contributed by atoms with Gasteiger partial charge in [-0.2, -0.15) is 0 Å². The number of hydrogen-bond acceptors (Lipinski definition) is 5. The average Bonchev–Trinajstić information content (AvgIpc) is 3.13. The SMILES string of the molecule is CN1CCN([C@@H](c2ccc(F)cc2)c2nnnn2Cc2ccccc2)CC1. The summed E-state index contributed by atoms with van der Waals surface area (Å²) in [6, 6.07) is 16.7. The lowest BCUT2D eigenvalue weighted by atomic mass is 10.0. The van der Waals surface area contributed by atoms with Crippen LogP contribution in [-0.2, 0) is 6.54 Å². The van der Waals surface area contributed by atoms with Crippen LogP contribution in [0.15, 0.2) is 54.6 Å². The number of hydrogen-bond donors (Lipinski definition) is 0. The first-order chi connectivity index (χ1) is 13.2. The summed E-state index contributed by atoms with van der Waals surface area (Å²) in [4.78, 5) is 4.69. The highest BCUT2D eigenvalue weighted by Gasteiger charge is 2.30. The Morgan fingerprint density at radius 1 is 0.963 bits per heavy atom. The van der Waals surface area contributed by atoms with Crippen LogP contribution < -0.4 is 0 Å². The van der Waals surface area contributed by atoms with Crippen LogP contribution in [0, 0.1) is 5.82 Å². The Bertz CT molecular complexity index is 856. The molecule has 1 fully saturated rings. The summed E-state index contributed by atoms with van der Waals surface area (Å²) in [6.45, 7) is 4.40. The van der Waals surface area contributed by atoms with Crippen LogP contribution in [0.2, 0.25) is 0 Å². The molecule has 27 heavy (non-hydrogen) atoms. The lowest BCUT2D eigenvalue weighted by molar-refractivity contribution is 0.121. The Morgan fingerprint density at radius 2 is 1.67 bits per heavy atom. The molecule has 0 amide bonds. The quantitative estimate of drug-likeness (QED) is 0.693. The third-order valence-corrected chi connectivity index (χ3v) is 5.07. The maximum absolute atomic E-state index is 13.5. The van der Waals surface area contributed by atoms with Crippen LogP contribution in [0.3, 0.4) is 0 Å². The van der Waals surface area contributed by atoms with Crippen LogP contribution in [0.5, 0.6) is 0 Å². The second kappa shape index (κ2) is 7.94. The van der Waals surface area contributed by atoms with Gasteiger partial charge in [-0.3, -0.25) is 4.90 Å². The van der Waals surface area contributed by atoms with Crippen molar-refractivity contribution in [3.8, 4) is 0 Å². The largest absolute Gasteiger partial charge is 0.304 e. The zero-order chi connectivity index (χ0) is 18.6. The fourth-order valence-electron chi connectivity index (χ4n) is 3.52. The molecule has 140 valence electrons. The molecule has 0 saturated carbocycles. The minimum atomic E-state index is -0.236. The fourth-order valence-corrected chi connectivity index (χ4v) is 3.52. The van der Waals surface area contributed by atoms with Crippen LogP contribution >= 0.6 is 0 Å². The second-order valence-corrected chi connectivity index (χ2v) is 6.97. The van der Waals surface area contributed by atoms with Gasteiger partial charge >= 0.3 is 0 Å². The Hall–Kier alpha value is -2.64. The van der Waals surface area contributed by atoms with E-state index < -0.39 is 0 Å². The summed E-state index contributed by atoms with van der Waals surface area (Å²) in [5.74, 6) is 0.551. The molecule has 1 aliphatic heterocycles. The Balaban J connectivity index is 1.69. The van der Waals surface area contributed by atoms with Crippen LogP contribution in [-0.4, -0.2) is 63.2 Å². The molecule has 2 heterocycles. The predicted octanol–water partition coefficient (Wildman–Crippen LogP) is 2.20. The summed E-state index contributed by atoms with van der Waals surface area (Å²) < 4.78 is 15.3. The number of halogens is 1. The molecule has 1 atom stereocenters. The van der Waals surface area contributed by atoms with Crippen LogP contribution in [0.25, 0.3) is 0 Å². The first-order valence-electron chi connectivity index (χ1n) is 9.19. The molecular formula is C20H23FN6. The van der Waals surface area contributed by atoms with Crippen molar-refractivity contribution in [2.24, 2.45) is 0 Å². The van der Waals surface area contributed by atoms with Gasteiger partial charge in [0.2, 0.25) is 0 Å². The number of benzene rings is 2. The van der Waals surface area contributed by atoms with E-state index in [4.69, 9.17) is 0 Å². The molecule has 0 bridgehead atoms. The Morgan fingerprint density at radius 3 is 2.37 bits per heavy atom. The summed E-state index contributed by atoms with van der Waals surface area (Å²) >= 11 is 0. The van der Waals surface area contributed by atoms with Gasteiger partial charge in [0.05, 0.1) is 12.6 Å². The van der Waals surface area contributed by atoms with E-state index in [2.05, 4.69) is 44.5 Å². The van der Waals surface area contributed by atoms with Gasteiger partial charge in [-0.05, 0) is 40.7 Å². The molecule has 3 aromatic rings. The van der Waals surface area contributed by atoms with E-state index >= 15 is 0 Å². The zero-order valence-electron chi connectivity index (χ0n) is 15.4. The summed E-state index contributed by atoms with van der Waals surface area (Å²) in [5.41, 5.74) is 2.15. The highest BCUT2D eigenvalue weighted by atomic mass is 19.1. The summed E-state index contributed by atoms with van der Waals surface area (Å²) in [7, 11) is 2.13. The highest BCUT2D eigenvalue weighted by molar-refractivity contribution is 5.26. The van der Waals surface area contributed by atoms with Crippen molar-refractivity contribution >= 4 is 0 Å². The smallest absolute Gasteiger partial charge is 0.173 e. The molecule has 0 unspecified atom stereocenters. The zero-order valence-corrected chi connectivity index (χ0v) is 15.4. The molecule has 2 aromatic carbocycles. The number of tetrazole rings is 1. The van der Waals surface area contributed by atoms with Crippen molar-refractivity contribution < 1.29 is 4.39 Å². The Labute approximate surface area is 158 Å². The van der Waals surface area contributed by atoms with Crippen molar-refractivity contribution in [2.45, 2.75) is 12.6 Å². The summed E-state index contributed by atoms with van der Waals surface area (Å²) in [5, 5.41) is 12.5. The van der Waals surface area contributed by atoms with E-state index in [1.165, 1.54) is 12.1 Å². The van der Waals surface area contributed by atoms with Gasteiger partial charge in [-0.1, -0.05) is 42.5 Å². The molecule has 0 radical (unpaired) electrons. The lowest BCUT2D eigenvalue weighted by Crippen LogP contribution is -2.46. The number of likely N-dealkylation sites (N-methyl/N-ethyl adjacent to an activating group) is 1. The molecule has 1 saturated heterocycles. The molecule has 0 N–H and O–H groups in total. The van der Waals surface area contributed by atoms with Crippen molar-refractivity contribution in [1.82, 2.24) is 30.0 Å². The second-order valence-electron chi connectivity index (χ2n) is 6.97. The highest BCUT2D eigenvalue weighted by Crippen LogP contribution is 2.28. The number of piperazine rings is 1. The van der Waals surface area contributed by atoms with Crippen molar-refractivity contribution in [2.75, 3.05) is 33.2 Å². The maximum atomic E-state index is 13.5. The van der Waals surface area contributed by atoms with Crippen molar-refractivity contribution in [1.29, 1.82) is 0 Å². The third kappa shape index (κ3) is 4.04. The minimum absolute atomic E-state index is 0.0991. The van der Waals surface area contributed by atoms with Crippen LogP contribution in [0.4, 0.5) is 4.39 Å². The molecule has 1 aromatic heterocycles. The normalized spacial score (nSPS) is 17.1. The molecule has 7 heteroatoms. The molecule has 0 spiro atoms. The molecule has 4 rings (SSSR count). The fraction of sp³-hybridized carbons (Fsp3) is 0.350. The maximum Gasteiger partial charge on any atom is 0.173 e. The monoisotopic (exact) mass is 366 g/mol. The average molecular weight is 366 g/mol. The lowest BCUT2D eigenvalue weighted by Gasteiger charge is -2.37. The van der Waals surface area contributed by atoms with Gasteiger partial charge in [0.15, 0.2) is 5.82 Å². The molecule has 6 nitrogen and oxygen atoms in total. The van der Waals surface area contributed by atoms with Crippen LogP contribution in [0.1, 0.15) is 23.0 Å². The standard InChI is InChI=1S/C20H23FN6/c1-25-11-13-26(14-12-25)19(17-7-9-18(21)10-8-17)20-22-23-24-27(20)15-16-5-3-2-4-6-16/h2-10,19H,11-15H2,1H3/t19-/m0/s1. The molecule has 1 aliphatic rings. The van der Waals surface area contributed by atoms with E-state index in [9.17, 15) is 4.39 Å². The number of nitrogens with zero attached hydrogens (tertiary/aromatic N) is 6. The van der Waals surface area contributed by atoms with E-state index in [0.717, 1.165) is 43.1 Å². The van der Waals surface area contributed by atoms with E-state index in [0.29, 0.717) is 6.54 Å². The van der Waals surface area contributed by atoms with Gasteiger partial charge in [-0.15, -0.1) is 5.10 Å².